The van der Waals surface area contributed by atoms with Gasteiger partial charge in [-0.25, -0.2) is 0 Å². The van der Waals surface area contributed by atoms with Gasteiger partial charge < -0.3 is 15.6 Å². The molecule has 1 atom stereocenters. The number of phenolic OH excluding ortho intramolecular Hbond substituents is 1. The average Bonchev–Trinajstić information content (AvgIpc) is 2.35. The second kappa shape index (κ2) is 7.32. The topological polar surface area (TPSA) is 98.6 Å². The van der Waals surface area contributed by atoms with Crippen LogP contribution in [-0.4, -0.2) is 23.3 Å². The van der Waals surface area contributed by atoms with Crippen molar-refractivity contribution in [2.24, 2.45) is 5.73 Å². The summed E-state index contributed by atoms with van der Waals surface area (Å²) in [6.07, 6.45) is -6.04. The van der Waals surface area contributed by atoms with Crippen molar-refractivity contribution in [2.75, 3.05) is 7.11 Å². The first-order valence-corrected chi connectivity index (χ1v) is 5.53. The minimum absolute atomic E-state index is 0. The van der Waals surface area contributed by atoms with Gasteiger partial charge in [0.25, 0.3) is 5.69 Å². The minimum atomic E-state index is -4.39. The van der Waals surface area contributed by atoms with Crippen molar-refractivity contribution in [2.45, 2.75) is 25.1 Å². The standard InChI is InChI=1S/C11H13F3N2O4.ClH/c1-20-9-5-6(16(18)19)4-7(10(9)17)8(15)2-3-11(12,13)14;/h4-5,8,17H,2-3,15H2,1H3;1H/t8-;/m0./s1. The Morgan fingerprint density at radius 3 is 2.48 bits per heavy atom. The fourth-order valence-electron chi connectivity index (χ4n) is 1.63. The van der Waals surface area contributed by atoms with E-state index in [0.29, 0.717) is 0 Å². The van der Waals surface area contributed by atoms with Crippen molar-refractivity contribution in [3.05, 3.63) is 27.8 Å². The molecule has 0 heterocycles. The highest BCUT2D eigenvalue weighted by Gasteiger charge is 2.29. The van der Waals surface area contributed by atoms with Crippen molar-refractivity contribution < 1.29 is 27.9 Å². The van der Waals surface area contributed by atoms with Crippen LogP contribution in [0.3, 0.4) is 0 Å². The molecule has 0 aliphatic rings. The van der Waals surface area contributed by atoms with Gasteiger partial charge in [-0.1, -0.05) is 0 Å². The summed E-state index contributed by atoms with van der Waals surface area (Å²) in [5.41, 5.74) is 4.99. The number of methoxy groups -OCH3 is 1. The van der Waals surface area contributed by atoms with Crippen LogP contribution in [0.15, 0.2) is 12.1 Å². The van der Waals surface area contributed by atoms with Gasteiger partial charge in [0, 0.05) is 24.1 Å². The van der Waals surface area contributed by atoms with Crippen molar-refractivity contribution in [1.29, 1.82) is 0 Å². The second-order valence-corrected chi connectivity index (χ2v) is 4.10. The molecule has 0 radical (unpaired) electrons. The molecule has 3 N–H and O–H groups in total. The lowest BCUT2D eigenvalue weighted by Crippen LogP contribution is -2.16. The Labute approximate surface area is 124 Å². The number of hydrogen-bond acceptors (Lipinski definition) is 5. The molecule has 21 heavy (non-hydrogen) atoms. The predicted octanol–water partition coefficient (Wildman–Crippen LogP) is 3.07. The van der Waals surface area contributed by atoms with E-state index in [2.05, 4.69) is 0 Å². The van der Waals surface area contributed by atoms with E-state index in [1.54, 1.807) is 0 Å². The monoisotopic (exact) mass is 330 g/mol. The molecular weight excluding hydrogens is 317 g/mol. The van der Waals surface area contributed by atoms with E-state index in [0.717, 1.165) is 12.1 Å². The zero-order chi connectivity index (χ0) is 15.5. The third-order valence-electron chi connectivity index (χ3n) is 2.66. The maximum atomic E-state index is 12.1. The Hall–Kier alpha value is -1.74. The summed E-state index contributed by atoms with van der Waals surface area (Å²) in [5.74, 6) is -0.704. The summed E-state index contributed by atoms with van der Waals surface area (Å²) in [4.78, 5) is 9.97. The molecular formula is C11H14ClF3N2O4. The molecule has 0 saturated carbocycles. The summed E-state index contributed by atoms with van der Waals surface area (Å²) >= 11 is 0. The molecule has 1 aromatic rings. The molecule has 0 fully saturated rings. The van der Waals surface area contributed by atoms with Crippen LogP contribution in [0.25, 0.3) is 0 Å². The minimum Gasteiger partial charge on any atom is -0.504 e. The first-order valence-electron chi connectivity index (χ1n) is 5.53. The molecule has 0 aliphatic carbocycles. The fraction of sp³-hybridized carbons (Fsp3) is 0.455. The van der Waals surface area contributed by atoms with Gasteiger partial charge in [-0.05, 0) is 6.42 Å². The SMILES string of the molecule is COc1cc([N+](=O)[O-])cc([C@@H](N)CCC(F)(F)F)c1O.Cl. The number of halogens is 4. The number of benzene rings is 1. The normalized spacial score (nSPS) is 12.4. The van der Waals surface area contributed by atoms with Crippen LogP contribution < -0.4 is 10.5 Å². The number of nitrogens with two attached hydrogens (primary N) is 1. The van der Waals surface area contributed by atoms with Gasteiger partial charge >= 0.3 is 6.18 Å². The first kappa shape index (κ1) is 19.3. The zero-order valence-electron chi connectivity index (χ0n) is 10.9. The number of alkyl halides is 3. The van der Waals surface area contributed by atoms with E-state index < -0.39 is 41.4 Å². The first-order chi connectivity index (χ1) is 9.15. The molecule has 10 heteroatoms. The lowest BCUT2D eigenvalue weighted by Gasteiger charge is -2.16. The summed E-state index contributed by atoms with van der Waals surface area (Å²) in [6, 6.07) is 0.721. The third-order valence-corrected chi connectivity index (χ3v) is 2.66. The van der Waals surface area contributed by atoms with Gasteiger partial charge in [-0.15, -0.1) is 12.4 Å². The molecule has 120 valence electrons. The number of rotatable bonds is 5. The van der Waals surface area contributed by atoms with Crippen LogP contribution in [0.4, 0.5) is 18.9 Å². The Morgan fingerprint density at radius 2 is 2.05 bits per heavy atom. The molecule has 6 nitrogen and oxygen atoms in total. The fourth-order valence-corrected chi connectivity index (χ4v) is 1.63. The van der Waals surface area contributed by atoms with Crippen LogP contribution in [0.5, 0.6) is 11.5 Å². The quantitative estimate of drug-likeness (QED) is 0.638. The highest BCUT2D eigenvalue weighted by atomic mass is 35.5. The Kier molecular flexibility index (Phi) is 6.71. The summed E-state index contributed by atoms with van der Waals surface area (Å²) in [6.45, 7) is 0. The van der Waals surface area contributed by atoms with Crippen molar-refractivity contribution >= 4 is 18.1 Å². The third kappa shape index (κ3) is 5.27. The number of phenols is 1. The van der Waals surface area contributed by atoms with Crippen LogP contribution >= 0.6 is 12.4 Å². The highest BCUT2D eigenvalue weighted by molar-refractivity contribution is 5.85. The molecule has 0 aromatic heterocycles. The Bertz CT molecular complexity index is 511. The maximum absolute atomic E-state index is 12.1. The Balaban J connectivity index is 0.00000400. The van der Waals surface area contributed by atoms with Crippen LogP contribution in [0, 0.1) is 10.1 Å². The van der Waals surface area contributed by atoms with Gasteiger partial charge in [-0.2, -0.15) is 13.2 Å². The molecule has 0 spiro atoms. The number of nitrogens with zero attached hydrogens (tertiary/aromatic N) is 1. The van der Waals surface area contributed by atoms with Gasteiger partial charge in [0.1, 0.15) is 0 Å². The van der Waals surface area contributed by atoms with Gasteiger partial charge in [0.2, 0.25) is 0 Å². The van der Waals surface area contributed by atoms with E-state index >= 15 is 0 Å². The summed E-state index contributed by atoms with van der Waals surface area (Å²) < 4.78 is 41.1. The molecule has 1 rings (SSSR count). The van der Waals surface area contributed by atoms with Crippen molar-refractivity contribution in [3.8, 4) is 11.5 Å². The van der Waals surface area contributed by atoms with Crippen LogP contribution in [0.2, 0.25) is 0 Å². The van der Waals surface area contributed by atoms with Gasteiger partial charge in [0.05, 0.1) is 18.1 Å². The molecule has 0 bridgehead atoms. The summed E-state index contributed by atoms with van der Waals surface area (Å²) in [5, 5.41) is 20.5. The molecule has 0 unspecified atom stereocenters. The molecule has 0 aliphatic heterocycles. The van der Waals surface area contributed by atoms with E-state index in [9.17, 15) is 28.4 Å². The molecule has 1 aromatic carbocycles. The number of aromatic hydroxyl groups is 1. The van der Waals surface area contributed by atoms with Gasteiger partial charge in [0.15, 0.2) is 11.5 Å². The predicted molar refractivity (Wildman–Crippen MR) is 70.8 cm³/mol. The summed E-state index contributed by atoms with van der Waals surface area (Å²) in [7, 11) is 1.17. The van der Waals surface area contributed by atoms with Crippen LogP contribution in [-0.2, 0) is 0 Å². The van der Waals surface area contributed by atoms with Gasteiger partial charge in [-0.3, -0.25) is 10.1 Å². The zero-order valence-corrected chi connectivity index (χ0v) is 11.7. The lowest BCUT2D eigenvalue weighted by atomic mass is 10.0. The number of nitro groups is 1. The number of hydrogen-bond donors (Lipinski definition) is 2. The molecule has 0 amide bonds. The smallest absolute Gasteiger partial charge is 0.389 e. The number of non-ortho nitro benzene ring substituents is 1. The number of ether oxygens (including phenoxy) is 1. The number of nitro benzene ring substituents is 1. The van der Waals surface area contributed by atoms with Crippen molar-refractivity contribution in [1.82, 2.24) is 0 Å². The van der Waals surface area contributed by atoms with E-state index in [-0.39, 0.29) is 23.7 Å². The van der Waals surface area contributed by atoms with E-state index in [1.165, 1.54) is 7.11 Å². The van der Waals surface area contributed by atoms with Crippen molar-refractivity contribution in [3.63, 3.8) is 0 Å². The Morgan fingerprint density at radius 1 is 1.48 bits per heavy atom. The molecule has 0 saturated heterocycles. The van der Waals surface area contributed by atoms with E-state index in [1.807, 2.05) is 0 Å². The van der Waals surface area contributed by atoms with E-state index in [4.69, 9.17) is 10.5 Å². The second-order valence-electron chi connectivity index (χ2n) is 4.10. The highest BCUT2D eigenvalue weighted by Crippen LogP contribution is 2.39. The maximum Gasteiger partial charge on any atom is 0.389 e. The largest absolute Gasteiger partial charge is 0.504 e. The van der Waals surface area contributed by atoms with Crippen LogP contribution in [0.1, 0.15) is 24.4 Å². The lowest BCUT2D eigenvalue weighted by molar-refractivity contribution is -0.385. The average molecular weight is 331 g/mol.